The number of hydrogen-bond donors (Lipinski definition) is 0. The minimum absolute atomic E-state index is 0.0412. The molecular weight excluding hydrogens is 741 g/mol. The van der Waals surface area contributed by atoms with Crippen molar-refractivity contribution in [2.75, 3.05) is 0 Å². The molecule has 6 nitrogen and oxygen atoms in total. The van der Waals surface area contributed by atoms with Crippen molar-refractivity contribution in [2.24, 2.45) is 11.8 Å². The van der Waals surface area contributed by atoms with Gasteiger partial charge in [-0.2, -0.15) is 0 Å². The van der Waals surface area contributed by atoms with E-state index in [0.29, 0.717) is 11.1 Å². The van der Waals surface area contributed by atoms with Crippen molar-refractivity contribution in [1.29, 1.82) is 0 Å². The highest BCUT2D eigenvalue weighted by Crippen LogP contribution is 2.59. The second kappa shape index (κ2) is 16.8. The zero-order valence-electron chi connectivity index (χ0n) is 32.9. The lowest BCUT2D eigenvalue weighted by Crippen LogP contribution is -2.58. The van der Waals surface area contributed by atoms with Gasteiger partial charge in [-0.05, 0) is 55.9 Å². The molecule has 6 heteroatoms. The molecule has 292 valence electrons. The Kier molecular flexibility index (Phi) is 10.7. The predicted molar refractivity (Wildman–Crippen MR) is 236 cm³/mol. The molecule has 0 radical (unpaired) electrons. The van der Waals surface area contributed by atoms with Gasteiger partial charge >= 0.3 is 0 Å². The highest BCUT2D eigenvalue weighted by atomic mass is 16.2. The molecule has 0 atom stereocenters. The van der Waals surface area contributed by atoms with Crippen LogP contribution < -0.4 is 0 Å². The molecule has 0 bridgehead atoms. The third kappa shape index (κ3) is 7.29. The van der Waals surface area contributed by atoms with Gasteiger partial charge in [-0.3, -0.25) is 29.0 Å². The van der Waals surface area contributed by atoms with Crippen LogP contribution in [0.2, 0.25) is 0 Å². The molecule has 1 aliphatic rings. The number of amides is 4. The number of carbonyl (C=O) groups is 4. The van der Waals surface area contributed by atoms with Crippen molar-refractivity contribution < 1.29 is 19.2 Å². The monoisotopic (exact) mass is 782 g/mol. The molecule has 8 aromatic rings. The lowest BCUT2D eigenvalue weighted by atomic mass is 9.51. The Morgan fingerprint density at radius 2 is 0.667 bits per heavy atom. The van der Waals surface area contributed by atoms with Gasteiger partial charge < -0.3 is 0 Å². The fraction of sp³-hybridized carbons (Fsp3) is 0.111. The van der Waals surface area contributed by atoms with Gasteiger partial charge in [0.25, 0.3) is 11.8 Å². The van der Waals surface area contributed by atoms with Crippen molar-refractivity contribution in [3.05, 3.63) is 240 Å². The average Bonchev–Trinajstić information content (AvgIpc) is 3.30. The Hall–Kier alpha value is -7.44. The first-order valence-corrected chi connectivity index (χ1v) is 20.3. The predicted octanol–water partition coefficient (Wildman–Crippen LogP) is 10.8. The second-order valence-electron chi connectivity index (χ2n) is 15.4. The van der Waals surface area contributed by atoms with Gasteiger partial charge in [-0.1, -0.05) is 194 Å². The minimum Gasteiger partial charge on any atom is -0.274 e. The fourth-order valence-corrected chi connectivity index (χ4v) is 9.05. The van der Waals surface area contributed by atoms with Crippen LogP contribution in [-0.4, -0.2) is 33.4 Å². The van der Waals surface area contributed by atoms with Crippen LogP contribution in [0.25, 0.3) is 21.5 Å². The summed E-state index contributed by atoms with van der Waals surface area (Å²) in [6.45, 7) is 0.0825. The lowest BCUT2D eigenvalue weighted by Gasteiger charge is -2.52. The van der Waals surface area contributed by atoms with Crippen LogP contribution >= 0.6 is 0 Å². The molecule has 8 aromatic carbocycles. The standard InChI is InChI=1S/C54H42N2O4/c57-51(45-33-17-29-39-23-13-15-31-43(39)45)55(35-37-19-5-1-6-20-37)53(59)49-47(41-25-9-3-10-26-41)50(48(49)42-27-11-4-12-28-42)54(60)56(36-38-21-7-2-8-22-38)52(58)46-34-18-30-40-24-14-16-32-44(40)46/h1-34,47-50H,35-36H2. The first kappa shape index (κ1) is 38.1. The Morgan fingerprint density at radius 1 is 0.350 bits per heavy atom. The third-order valence-electron chi connectivity index (χ3n) is 11.9. The van der Waals surface area contributed by atoms with E-state index in [9.17, 15) is 0 Å². The molecule has 1 fully saturated rings. The molecule has 60 heavy (non-hydrogen) atoms. The number of imide groups is 2. The summed E-state index contributed by atoms with van der Waals surface area (Å²) in [5.41, 5.74) is 4.02. The largest absolute Gasteiger partial charge is 0.274 e. The van der Waals surface area contributed by atoms with E-state index in [4.69, 9.17) is 0 Å². The molecule has 1 aliphatic carbocycles. The molecule has 0 unspecified atom stereocenters. The third-order valence-corrected chi connectivity index (χ3v) is 11.9. The van der Waals surface area contributed by atoms with Crippen LogP contribution in [0.5, 0.6) is 0 Å². The Bertz CT molecular complexity index is 2610. The molecular formula is C54H42N2O4. The van der Waals surface area contributed by atoms with E-state index in [0.717, 1.165) is 43.8 Å². The van der Waals surface area contributed by atoms with Crippen LogP contribution in [-0.2, 0) is 22.7 Å². The maximum atomic E-state index is 15.7. The minimum atomic E-state index is -0.822. The molecule has 0 aromatic heterocycles. The van der Waals surface area contributed by atoms with E-state index in [1.54, 1.807) is 12.1 Å². The van der Waals surface area contributed by atoms with Gasteiger partial charge in [0.15, 0.2) is 0 Å². The summed E-state index contributed by atoms with van der Waals surface area (Å²) in [7, 11) is 0. The van der Waals surface area contributed by atoms with E-state index in [2.05, 4.69) is 0 Å². The van der Waals surface area contributed by atoms with Crippen LogP contribution in [0.1, 0.15) is 54.8 Å². The van der Waals surface area contributed by atoms with Gasteiger partial charge in [0, 0.05) is 23.0 Å². The Balaban J connectivity index is 1.19. The summed E-state index contributed by atoms with van der Waals surface area (Å²) in [5.74, 6) is -4.54. The Morgan fingerprint density at radius 3 is 1.05 bits per heavy atom. The van der Waals surface area contributed by atoms with E-state index >= 15 is 19.2 Å². The fourth-order valence-electron chi connectivity index (χ4n) is 9.05. The first-order chi connectivity index (χ1) is 29.5. The smallest absolute Gasteiger partial charge is 0.261 e. The number of carbonyl (C=O) groups excluding carboxylic acids is 4. The van der Waals surface area contributed by atoms with Gasteiger partial charge in [-0.25, -0.2) is 0 Å². The Labute approximate surface area is 349 Å². The van der Waals surface area contributed by atoms with E-state index < -0.39 is 35.5 Å². The highest BCUT2D eigenvalue weighted by Gasteiger charge is 2.60. The molecule has 1 saturated carbocycles. The van der Waals surface area contributed by atoms with Crippen molar-refractivity contribution in [3.63, 3.8) is 0 Å². The van der Waals surface area contributed by atoms with Gasteiger partial charge in [-0.15, -0.1) is 0 Å². The maximum absolute atomic E-state index is 15.7. The normalized spacial score (nSPS) is 17.1. The van der Waals surface area contributed by atoms with Crippen LogP contribution in [0, 0.1) is 11.8 Å². The summed E-state index contributed by atoms with van der Waals surface area (Å²) >= 11 is 0. The van der Waals surface area contributed by atoms with E-state index in [-0.39, 0.29) is 24.9 Å². The second-order valence-corrected chi connectivity index (χ2v) is 15.4. The summed E-state index contributed by atoms with van der Waals surface area (Å²) in [6, 6.07) is 64.7. The highest BCUT2D eigenvalue weighted by molar-refractivity contribution is 6.15. The quantitative estimate of drug-likeness (QED) is 0.130. The average molecular weight is 783 g/mol. The molecule has 9 rings (SSSR count). The molecule has 0 aliphatic heterocycles. The number of hydrogen-bond acceptors (Lipinski definition) is 4. The molecule has 0 N–H and O–H groups in total. The van der Waals surface area contributed by atoms with E-state index in [1.165, 1.54) is 9.80 Å². The molecule has 4 amide bonds. The summed E-state index contributed by atoms with van der Waals surface area (Å²) in [5, 5.41) is 3.28. The maximum Gasteiger partial charge on any atom is 0.261 e. The van der Waals surface area contributed by atoms with Crippen LogP contribution in [0.3, 0.4) is 0 Å². The summed E-state index contributed by atoms with van der Waals surface area (Å²) in [6.07, 6.45) is 0. The van der Waals surface area contributed by atoms with Gasteiger partial charge in [0.2, 0.25) is 11.8 Å². The first-order valence-electron chi connectivity index (χ1n) is 20.3. The summed E-state index contributed by atoms with van der Waals surface area (Å²) < 4.78 is 0. The van der Waals surface area contributed by atoms with Crippen molar-refractivity contribution in [2.45, 2.75) is 24.9 Å². The number of rotatable bonds is 10. The zero-order chi connectivity index (χ0) is 41.0. The molecule has 0 spiro atoms. The van der Waals surface area contributed by atoms with Crippen molar-refractivity contribution in [3.8, 4) is 0 Å². The van der Waals surface area contributed by atoms with Gasteiger partial charge in [0.1, 0.15) is 0 Å². The zero-order valence-corrected chi connectivity index (χ0v) is 32.9. The SMILES string of the molecule is O=C(c1cccc2ccccc12)N(Cc1ccccc1)C(=O)C1C(c2ccccc2)C(C(=O)N(Cc2ccccc2)C(=O)c2cccc3ccccc23)C1c1ccccc1. The number of fused-ring (bicyclic) bond motifs is 2. The topological polar surface area (TPSA) is 74.8 Å². The van der Waals surface area contributed by atoms with Gasteiger partial charge in [0.05, 0.1) is 24.9 Å². The lowest BCUT2D eigenvalue weighted by molar-refractivity contribution is -0.150. The molecule has 0 heterocycles. The van der Waals surface area contributed by atoms with Crippen LogP contribution in [0.15, 0.2) is 206 Å². The van der Waals surface area contributed by atoms with Crippen molar-refractivity contribution in [1.82, 2.24) is 9.80 Å². The number of nitrogens with zero attached hydrogens (tertiary/aromatic N) is 2. The molecule has 0 saturated heterocycles. The summed E-state index contributed by atoms with van der Waals surface area (Å²) in [4.78, 5) is 64.1. The van der Waals surface area contributed by atoms with Crippen LogP contribution in [0.4, 0.5) is 0 Å². The van der Waals surface area contributed by atoms with Crippen molar-refractivity contribution >= 4 is 45.2 Å². The number of benzene rings is 8. The van der Waals surface area contributed by atoms with E-state index in [1.807, 2.05) is 194 Å².